The zero-order valence-corrected chi connectivity index (χ0v) is 13.2. The molecule has 0 amide bonds. The maximum atomic E-state index is 14.2. The minimum atomic E-state index is -0.475. The van der Waals surface area contributed by atoms with Crippen LogP contribution in [0.25, 0.3) is 0 Å². The summed E-state index contributed by atoms with van der Waals surface area (Å²) >= 11 is 3.14. The summed E-state index contributed by atoms with van der Waals surface area (Å²) in [6.07, 6.45) is 2.38. The van der Waals surface area contributed by atoms with Crippen LogP contribution in [0, 0.1) is 17.0 Å². The molecule has 1 aliphatic rings. The van der Waals surface area contributed by atoms with Crippen LogP contribution in [0.15, 0.2) is 16.6 Å². The van der Waals surface area contributed by atoms with Crippen molar-refractivity contribution in [3.63, 3.8) is 0 Å². The maximum absolute atomic E-state index is 14.2. The Bertz CT molecular complexity index is 474. The summed E-state index contributed by atoms with van der Waals surface area (Å²) < 4.78 is 28.4. The van der Waals surface area contributed by atoms with Gasteiger partial charge in [0.25, 0.3) is 0 Å². The summed E-state index contributed by atoms with van der Waals surface area (Å²) in [5.74, 6) is -0.935. The van der Waals surface area contributed by atoms with E-state index in [2.05, 4.69) is 42.0 Å². The summed E-state index contributed by atoms with van der Waals surface area (Å²) in [6, 6.07) is 2.74. The van der Waals surface area contributed by atoms with Gasteiger partial charge in [-0.15, -0.1) is 0 Å². The van der Waals surface area contributed by atoms with Gasteiger partial charge in [-0.05, 0) is 59.3 Å². The van der Waals surface area contributed by atoms with Gasteiger partial charge in [0.15, 0.2) is 0 Å². The van der Waals surface area contributed by atoms with Crippen LogP contribution in [0.2, 0.25) is 0 Å². The second-order valence-electron chi connectivity index (χ2n) is 6.36. The Hall–Kier alpha value is -0.480. The molecule has 1 unspecified atom stereocenters. The van der Waals surface area contributed by atoms with Crippen molar-refractivity contribution >= 4 is 15.9 Å². The van der Waals surface area contributed by atoms with E-state index in [-0.39, 0.29) is 16.5 Å². The molecule has 1 N–H and O–H groups in total. The molecule has 106 valence electrons. The third kappa shape index (κ3) is 2.70. The van der Waals surface area contributed by atoms with Crippen LogP contribution in [-0.4, -0.2) is 12.1 Å². The molecule has 1 nitrogen and oxygen atoms in total. The van der Waals surface area contributed by atoms with Gasteiger partial charge in [0.1, 0.15) is 11.6 Å². The van der Waals surface area contributed by atoms with Crippen molar-refractivity contribution in [3.05, 3.63) is 33.8 Å². The first-order valence-electron chi connectivity index (χ1n) is 6.64. The molecule has 1 fully saturated rings. The Labute approximate surface area is 121 Å². The van der Waals surface area contributed by atoms with Crippen molar-refractivity contribution in [1.29, 1.82) is 0 Å². The first kappa shape index (κ1) is 14.9. The van der Waals surface area contributed by atoms with Crippen molar-refractivity contribution < 1.29 is 8.78 Å². The van der Waals surface area contributed by atoms with Gasteiger partial charge in [0.05, 0.1) is 4.47 Å². The van der Waals surface area contributed by atoms with E-state index in [9.17, 15) is 8.78 Å². The van der Waals surface area contributed by atoms with Gasteiger partial charge in [0.2, 0.25) is 0 Å². The van der Waals surface area contributed by atoms with E-state index >= 15 is 0 Å². The molecule has 2 rings (SSSR count). The lowest BCUT2D eigenvalue weighted by molar-refractivity contribution is 0.156. The van der Waals surface area contributed by atoms with Crippen LogP contribution < -0.4 is 5.32 Å². The number of hydrogen-bond donors (Lipinski definition) is 1. The summed E-state index contributed by atoms with van der Waals surface area (Å²) in [5, 5.41) is 3.48. The average molecular weight is 332 g/mol. The Morgan fingerprint density at radius 1 is 1.32 bits per heavy atom. The monoisotopic (exact) mass is 331 g/mol. The van der Waals surface area contributed by atoms with Gasteiger partial charge < -0.3 is 5.32 Å². The van der Waals surface area contributed by atoms with E-state index in [1.54, 1.807) is 0 Å². The Kier molecular flexibility index (Phi) is 4.03. The second-order valence-corrected chi connectivity index (χ2v) is 7.22. The number of rotatable bonds is 2. The Morgan fingerprint density at radius 3 is 2.53 bits per heavy atom. The van der Waals surface area contributed by atoms with Crippen LogP contribution >= 0.6 is 15.9 Å². The molecule has 0 spiro atoms. The molecule has 0 bridgehead atoms. The molecular formula is C15H20BrF2N. The molecule has 1 aromatic rings. The second kappa shape index (κ2) is 5.13. The predicted octanol–water partition coefficient (Wildman–Crippen LogP) is 4.44. The highest BCUT2D eigenvalue weighted by Crippen LogP contribution is 2.41. The fraction of sp³-hybridized carbons (Fsp3) is 0.600. The topological polar surface area (TPSA) is 12.0 Å². The molecule has 1 atom stereocenters. The van der Waals surface area contributed by atoms with E-state index < -0.39 is 11.6 Å². The van der Waals surface area contributed by atoms with Crippen LogP contribution in [0.4, 0.5) is 8.78 Å². The quantitative estimate of drug-likeness (QED) is 0.790. The predicted molar refractivity (Wildman–Crippen MR) is 77.2 cm³/mol. The third-order valence-corrected chi connectivity index (χ3v) is 4.91. The molecule has 1 saturated heterocycles. The lowest BCUT2D eigenvalue weighted by Gasteiger charge is -2.42. The molecule has 1 aromatic carbocycles. The van der Waals surface area contributed by atoms with Crippen molar-refractivity contribution in [2.45, 2.75) is 45.6 Å². The van der Waals surface area contributed by atoms with Gasteiger partial charge in [-0.25, -0.2) is 8.78 Å². The highest BCUT2D eigenvalue weighted by molar-refractivity contribution is 9.10. The number of halogens is 3. The van der Waals surface area contributed by atoms with E-state index in [1.807, 2.05) is 0 Å². The molecule has 4 heteroatoms. The van der Waals surface area contributed by atoms with Gasteiger partial charge in [0, 0.05) is 11.1 Å². The molecule has 0 aromatic heterocycles. The van der Waals surface area contributed by atoms with E-state index in [0.717, 1.165) is 19.4 Å². The van der Waals surface area contributed by atoms with Crippen molar-refractivity contribution in [2.24, 2.45) is 5.41 Å². The fourth-order valence-electron chi connectivity index (χ4n) is 2.90. The van der Waals surface area contributed by atoms with Crippen molar-refractivity contribution in [1.82, 2.24) is 5.32 Å². The normalized spacial score (nSPS) is 23.9. The minimum Gasteiger partial charge on any atom is -0.310 e. The summed E-state index contributed by atoms with van der Waals surface area (Å²) in [5.41, 5.74) is -0.112. The van der Waals surface area contributed by atoms with Gasteiger partial charge >= 0.3 is 0 Å². The van der Waals surface area contributed by atoms with E-state index in [0.29, 0.717) is 10.9 Å². The fourth-order valence-corrected chi connectivity index (χ4v) is 3.27. The van der Waals surface area contributed by atoms with E-state index in [1.165, 1.54) is 12.1 Å². The number of benzene rings is 1. The zero-order chi connectivity index (χ0) is 14.3. The number of hydrogen-bond acceptors (Lipinski definition) is 1. The highest BCUT2D eigenvalue weighted by atomic mass is 79.9. The van der Waals surface area contributed by atoms with Crippen LogP contribution in [0.1, 0.15) is 39.2 Å². The Balaban J connectivity index is 2.41. The number of nitrogens with one attached hydrogen (secondary N) is 1. The molecule has 0 aliphatic carbocycles. The first-order valence-corrected chi connectivity index (χ1v) is 7.43. The molecule has 0 radical (unpaired) electrons. The average Bonchev–Trinajstić information content (AvgIpc) is 2.79. The third-order valence-electron chi connectivity index (χ3n) is 4.30. The standard InChI is InChI=1S/C15H20BrF2N/c1-14(2,3)15(7-4-8-19-15)9-10-12(17)6-5-11(16)13(10)18/h5-6,19H,4,7-9H2,1-3H3. The lowest BCUT2D eigenvalue weighted by atomic mass is 9.69. The molecule has 0 saturated carbocycles. The van der Waals surface area contributed by atoms with Crippen LogP contribution in [0.3, 0.4) is 0 Å². The SMILES string of the molecule is CC(C)(C)C1(Cc2c(F)ccc(Br)c2F)CCCN1. The van der Waals surface area contributed by atoms with Crippen molar-refractivity contribution in [3.8, 4) is 0 Å². The van der Waals surface area contributed by atoms with Gasteiger partial charge in [-0.2, -0.15) is 0 Å². The van der Waals surface area contributed by atoms with Crippen LogP contribution in [0.5, 0.6) is 0 Å². The summed E-state index contributed by atoms with van der Waals surface area (Å²) in [7, 11) is 0. The lowest BCUT2D eigenvalue weighted by Crippen LogP contribution is -2.52. The molecular weight excluding hydrogens is 312 g/mol. The minimum absolute atomic E-state index is 0.0509. The highest BCUT2D eigenvalue weighted by Gasteiger charge is 2.44. The molecule has 19 heavy (non-hydrogen) atoms. The van der Waals surface area contributed by atoms with Crippen molar-refractivity contribution in [2.75, 3.05) is 6.54 Å². The molecule has 1 heterocycles. The van der Waals surface area contributed by atoms with Crippen LogP contribution in [-0.2, 0) is 6.42 Å². The first-order chi connectivity index (χ1) is 8.77. The summed E-state index contributed by atoms with van der Waals surface area (Å²) in [4.78, 5) is 0. The zero-order valence-electron chi connectivity index (χ0n) is 11.6. The van der Waals surface area contributed by atoms with Gasteiger partial charge in [-0.3, -0.25) is 0 Å². The smallest absolute Gasteiger partial charge is 0.143 e. The molecule has 1 aliphatic heterocycles. The Morgan fingerprint density at radius 2 is 2.00 bits per heavy atom. The maximum Gasteiger partial charge on any atom is 0.143 e. The summed E-state index contributed by atoms with van der Waals surface area (Å²) in [6.45, 7) is 7.28. The largest absolute Gasteiger partial charge is 0.310 e. The van der Waals surface area contributed by atoms with Gasteiger partial charge in [-0.1, -0.05) is 20.8 Å². The van der Waals surface area contributed by atoms with E-state index in [4.69, 9.17) is 0 Å².